The predicted octanol–water partition coefficient (Wildman–Crippen LogP) is 4.77. The van der Waals surface area contributed by atoms with Gasteiger partial charge in [-0.25, -0.2) is 12.8 Å². The molecule has 0 N–H and O–H groups in total. The zero-order valence-corrected chi connectivity index (χ0v) is 22.4. The first kappa shape index (κ1) is 26.1. The summed E-state index contributed by atoms with van der Waals surface area (Å²) in [4.78, 5) is 17.3. The maximum Gasteiger partial charge on any atom is 0.242 e. The molecule has 1 aliphatic rings. The van der Waals surface area contributed by atoms with E-state index in [0.29, 0.717) is 37.1 Å². The van der Waals surface area contributed by atoms with E-state index in [1.54, 1.807) is 40.8 Å². The molecule has 1 amide bonds. The number of nitrogens with zero attached hydrogens (tertiary/aromatic N) is 3. The first-order valence-electron chi connectivity index (χ1n) is 12.2. The molecule has 5 rings (SSSR count). The van der Waals surface area contributed by atoms with E-state index in [2.05, 4.69) is 4.90 Å². The summed E-state index contributed by atoms with van der Waals surface area (Å²) in [6, 6.07) is 18.9. The van der Waals surface area contributed by atoms with Gasteiger partial charge in [0.1, 0.15) is 18.1 Å². The Kier molecular flexibility index (Phi) is 7.32. The van der Waals surface area contributed by atoms with Crippen LogP contribution in [0.1, 0.15) is 5.56 Å². The molecule has 10 heteroatoms. The Bertz CT molecular complexity index is 1580. The van der Waals surface area contributed by atoms with Crippen LogP contribution in [-0.4, -0.2) is 57.1 Å². The molecule has 4 aromatic rings. The first-order chi connectivity index (χ1) is 18.3. The van der Waals surface area contributed by atoms with Crippen molar-refractivity contribution in [2.45, 2.75) is 17.2 Å². The third-order valence-corrected chi connectivity index (χ3v) is 8.87. The lowest BCUT2D eigenvalue weighted by Gasteiger charge is -2.36. The van der Waals surface area contributed by atoms with E-state index in [0.717, 1.165) is 11.4 Å². The Labute approximate surface area is 225 Å². The normalized spacial score (nSPS) is 14.2. The fourth-order valence-corrected chi connectivity index (χ4v) is 6.80. The maximum atomic E-state index is 14.4. The largest absolute Gasteiger partial charge is 0.495 e. The summed E-state index contributed by atoms with van der Waals surface area (Å²) in [7, 11) is -2.32. The highest BCUT2D eigenvalue weighted by Gasteiger charge is 2.27. The topological polar surface area (TPSA) is 71.8 Å². The number of hydrogen-bond acceptors (Lipinski definition) is 5. The second-order valence-electron chi connectivity index (χ2n) is 9.14. The second-order valence-corrected chi connectivity index (χ2v) is 11.5. The highest BCUT2D eigenvalue weighted by atomic mass is 35.5. The molecule has 0 bridgehead atoms. The number of benzene rings is 3. The van der Waals surface area contributed by atoms with Crippen LogP contribution in [0.3, 0.4) is 0 Å². The number of rotatable bonds is 7. The van der Waals surface area contributed by atoms with Crippen molar-refractivity contribution in [2.75, 3.05) is 38.2 Å². The minimum atomic E-state index is -3.96. The zero-order chi connectivity index (χ0) is 26.9. The molecule has 7 nitrogen and oxygen atoms in total. The van der Waals surface area contributed by atoms with Crippen molar-refractivity contribution in [3.05, 3.63) is 89.3 Å². The molecule has 198 valence electrons. The van der Waals surface area contributed by atoms with E-state index in [4.69, 9.17) is 16.3 Å². The highest BCUT2D eigenvalue weighted by Crippen LogP contribution is 2.31. The van der Waals surface area contributed by atoms with Crippen LogP contribution >= 0.6 is 11.6 Å². The monoisotopic (exact) mass is 555 g/mol. The molecule has 1 fully saturated rings. The first-order valence-corrected chi connectivity index (χ1v) is 14.2. The Balaban J connectivity index is 1.35. The van der Waals surface area contributed by atoms with Crippen LogP contribution in [-0.2, 0) is 26.9 Å². The van der Waals surface area contributed by atoms with Gasteiger partial charge in [0.2, 0.25) is 5.91 Å². The quantitative estimate of drug-likeness (QED) is 0.329. The van der Waals surface area contributed by atoms with Gasteiger partial charge in [-0.15, -0.1) is 0 Å². The van der Waals surface area contributed by atoms with Crippen LogP contribution in [0.25, 0.3) is 10.9 Å². The summed E-state index contributed by atoms with van der Waals surface area (Å²) >= 11 is 6.10. The van der Waals surface area contributed by atoms with Crippen molar-refractivity contribution >= 4 is 43.9 Å². The highest BCUT2D eigenvalue weighted by molar-refractivity contribution is 7.90. The van der Waals surface area contributed by atoms with Gasteiger partial charge < -0.3 is 19.1 Å². The molecule has 0 unspecified atom stereocenters. The van der Waals surface area contributed by atoms with Gasteiger partial charge in [0.15, 0.2) is 9.84 Å². The molecule has 0 atom stereocenters. The molecule has 0 aliphatic carbocycles. The minimum absolute atomic E-state index is 0.00878. The third kappa shape index (κ3) is 5.08. The summed E-state index contributed by atoms with van der Waals surface area (Å²) in [6.45, 7) is 2.37. The molecule has 38 heavy (non-hydrogen) atoms. The predicted molar refractivity (Wildman–Crippen MR) is 146 cm³/mol. The van der Waals surface area contributed by atoms with E-state index in [-0.39, 0.29) is 27.9 Å². The van der Waals surface area contributed by atoms with Crippen molar-refractivity contribution in [3.63, 3.8) is 0 Å². The number of anilines is 1. The Morgan fingerprint density at radius 3 is 2.42 bits per heavy atom. The lowest BCUT2D eigenvalue weighted by molar-refractivity contribution is -0.132. The van der Waals surface area contributed by atoms with E-state index >= 15 is 0 Å². The molecule has 3 aromatic carbocycles. The summed E-state index contributed by atoms with van der Waals surface area (Å²) in [5.74, 6) is -0.568. The number of methoxy groups -OCH3 is 1. The van der Waals surface area contributed by atoms with Crippen LogP contribution in [0.4, 0.5) is 10.1 Å². The third-order valence-electron chi connectivity index (χ3n) is 6.85. The summed E-state index contributed by atoms with van der Waals surface area (Å²) in [5, 5.41) is 0.536. The minimum Gasteiger partial charge on any atom is -0.495 e. The maximum absolute atomic E-state index is 14.4. The standard InChI is InChI=1S/C28H27ClFN3O4S/c1-37-26-12-5-4-11-25(26)31-13-15-32(16-14-31)28(34)18-33-17-27(20-7-2-3-10-24(20)33)38(35,36)19-21-22(29)8-6-9-23(21)30/h2-12,17H,13-16,18-19H2,1H3. The van der Waals surface area contributed by atoms with Crippen LogP contribution in [0.2, 0.25) is 5.02 Å². The Morgan fingerprint density at radius 1 is 0.974 bits per heavy atom. The second kappa shape index (κ2) is 10.7. The van der Waals surface area contributed by atoms with E-state index in [9.17, 15) is 17.6 Å². The SMILES string of the molecule is COc1ccccc1N1CCN(C(=O)Cn2cc(S(=O)(=O)Cc3c(F)cccc3Cl)c3ccccc32)CC1. The van der Waals surface area contributed by atoms with Crippen molar-refractivity contribution in [2.24, 2.45) is 0 Å². The molecule has 1 aromatic heterocycles. The van der Waals surface area contributed by atoms with Crippen molar-refractivity contribution < 1.29 is 22.3 Å². The number of halogens is 2. The van der Waals surface area contributed by atoms with Crippen molar-refractivity contribution in [1.82, 2.24) is 9.47 Å². The molecule has 2 heterocycles. The number of ether oxygens (including phenoxy) is 1. The molecule has 0 spiro atoms. The van der Waals surface area contributed by atoms with Gasteiger partial charge in [0.25, 0.3) is 0 Å². The van der Waals surface area contributed by atoms with Gasteiger partial charge in [0.05, 0.1) is 23.4 Å². The summed E-state index contributed by atoms with van der Waals surface area (Å²) < 4.78 is 48.3. The van der Waals surface area contributed by atoms with Crippen LogP contribution < -0.4 is 9.64 Å². The molecular formula is C28H27ClFN3O4S. The fraction of sp³-hybridized carbons (Fsp3) is 0.250. The summed E-state index contributed by atoms with van der Waals surface area (Å²) in [6.07, 6.45) is 1.47. The van der Waals surface area contributed by atoms with Gasteiger partial charge in [-0.1, -0.05) is 48.0 Å². The average Bonchev–Trinajstić information content (AvgIpc) is 3.30. The van der Waals surface area contributed by atoms with Crippen LogP contribution in [0.15, 0.2) is 77.8 Å². The number of sulfone groups is 1. The van der Waals surface area contributed by atoms with Crippen LogP contribution in [0.5, 0.6) is 5.75 Å². The molecule has 0 saturated carbocycles. The van der Waals surface area contributed by atoms with Gasteiger partial charge >= 0.3 is 0 Å². The van der Waals surface area contributed by atoms with Gasteiger partial charge in [0, 0.05) is 53.9 Å². The molecule has 1 saturated heterocycles. The Hall–Kier alpha value is -3.56. The van der Waals surface area contributed by atoms with E-state index in [1.165, 1.54) is 24.4 Å². The molecule has 0 radical (unpaired) electrons. The zero-order valence-electron chi connectivity index (χ0n) is 20.8. The Morgan fingerprint density at radius 2 is 1.68 bits per heavy atom. The fourth-order valence-electron chi connectivity index (χ4n) is 4.86. The number of carbonyl (C=O) groups excluding carboxylic acids is 1. The van der Waals surface area contributed by atoms with Gasteiger partial charge in [-0.3, -0.25) is 4.79 Å². The average molecular weight is 556 g/mol. The van der Waals surface area contributed by atoms with E-state index in [1.807, 2.05) is 24.3 Å². The molecular weight excluding hydrogens is 529 g/mol. The number of piperazine rings is 1. The number of aromatic nitrogens is 1. The number of amides is 1. The van der Waals surface area contributed by atoms with Crippen molar-refractivity contribution in [3.8, 4) is 5.75 Å². The number of fused-ring (bicyclic) bond motifs is 1. The van der Waals surface area contributed by atoms with Crippen molar-refractivity contribution in [1.29, 1.82) is 0 Å². The van der Waals surface area contributed by atoms with E-state index < -0.39 is 21.4 Å². The molecule has 1 aliphatic heterocycles. The number of para-hydroxylation sites is 3. The van der Waals surface area contributed by atoms with Gasteiger partial charge in [-0.05, 0) is 30.3 Å². The lowest BCUT2D eigenvalue weighted by atomic mass is 10.2. The number of carbonyl (C=O) groups is 1. The summed E-state index contributed by atoms with van der Waals surface area (Å²) in [5.41, 5.74) is 1.53. The van der Waals surface area contributed by atoms with Gasteiger partial charge in [-0.2, -0.15) is 0 Å². The smallest absolute Gasteiger partial charge is 0.242 e. The lowest BCUT2D eigenvalue weighted by Crippen LogP contribution is -2.49. The van der Waals surface area contributed by atoms with Crippen LogP contribution in [0, 0.1) is 5.82 Å². The number of hydrogen-bond donors (Lipinski definition) is 0.